The molecule has 0 bridgehead atoms. The van der Waals surface area contributed by atoms with E-state index in [0.29, 0.717) is 16.9 Å². The molecule has 2 amide bonds. The summed E-state index contributed by atoms with van der Waals surface area (Å²) in [6.07, 6.45) is 0. The second-order valence-electron chi connectivity index (χ2n) is 6.65. The number of nitrogens with one attached hydrogen (secondary N) is 2. The molecule has 160 valence electrons. The molecule has 9 heteroatoms. The molecule has 0 spiro atoms. The molecule has 1 unspecified atom stereocenters. The Hall–Kier alpha value is -3.20. The average molecular weight is 432 g/mol. The van der Waals surface area contributed by atoms with E-state index in [0.717, 1.165) is 5.56 Å². The van der Waals surface area contributed by atoms with Gasteiger partial charge in [-0.1, -0.05) is 17.7 Å². The molecule has 0 aliphatic heterocycles. The van der Waals surface area contributed by atoms with Crippen LogP contribution in [0.15, 0.2) is 48.5 Å². The molecule has 0 saturated carbocycles. The van der Waals surface area contributed by atoms with Crippen LogP contribution in [0, 0.1) is 6.92 Å². The highest BCUT2D eigenvalue weighted by atomic mass is 32.2. The van der Waals surface area contributed by atoms with Gasteiger partial charge in [-0.2, -0.15) is 0 Å². The Labute approximate surface area is 175 Å². The zero-order chi connectivity index (χ0) is 22.3. The first-order valence-corrected chi connectivity index (χ1v) is 11.0. The minimum atomic E-state index is -4.03. The number of rotatable bonds is 8. The van der Waals surface area contributed by atoms with E-state index in [4.69, 9.17) is 4.74 Å². The number of hydrogen-bond donors (Lipinski definition) is 2. The van der Waals surface area contributed by atoms with Gasteiger partial charge >= 0.3 is 5.97 Å². The van der Waals surface area contributed by atoms with E-state index in [9.17, 15) is 22.8 Å². The first kappa shape index (κ1) is 23.1. The molecule has 0 heterocycles. The van der Waals surface area contributed by atoms with E-state index in [1.54, 1.807) is 31.2 Å². The lowest BCUT2D eigenvalue weighted by molar-refractivity contribution is -0.115. The molecule has 2 aromatic rings. The van der Waals surface area contributed by atoms with Crippen molar-refractivity contribution in [2.24, 2.45) is 0 Å². The summed E-state index contributed by atoms with van der Waals surface area (Å²) in [6.45, 7) is 5.04. The fourth-order valence-electron chi connectivity index (χ4n) is 2.45. The minimum Gasteiger partial charge on any atom is -0.462 e. The van der Waals surface area contributed by atoms with E-state index in [1.807, 2.05) is 6.92 Å². The van der Waals surface area contributed by atoms with Gasteiger partial charge in [0.2, 0.25) is 11.8 Å². The maximum Gasteiger partial charge on any atom is 0.338 e. The predicted molar refractivity (Wildman–Crippen MR) is 114 cm³/mol. The lowest BCUT2D eigenvalue weighted by Gasteiger charge is -2.14. The molecule has 0 aliphatic rings. The van der Waals surface area contributed by atoms with Crippen molar-refractivity contribution in [1.29, 1.82) is 0 Å². The summed E-state index contributed by atoms with van der Waals surface area (Å²) < 4.78 is 29.8. The van der Waals surface area contributed by atoms with Crippen LogP contribution in [0.25, 0.3) is 0 Å². The first-order chi connectivity index (χ1) is 14.1. The van der Waals surface area contributed by atoms with Gasteiger partial charge < -0.3 is 15.4 Å². The standard InChI is InChI=1S/C21H24N2O6S/c1-4-29-21(26)16-7-11-18(12-8-16)23-20(25)15(3)30(27,28)13-19(24)22-17-9-5-14(2)6-10-17/h5-12,15H,4,13H2,1-3H3,(H,22,24)(H,23,25). The van der Waals surface area contributed by atoms with Gasteiger partial charge in [-0.3, -0.25) is 9.59 Å². The van der Waals surface area contributed by atoms with E-state index >= 15 is 0 Å². The zero-order valence-corrected chi connectivity index (χ0v) is 17.8. The quantitative estimate of drug-likeness (QED) is 0.619. The Morgan fingerprint density at radius 2 is 1.47 bits per heavy atom. The molecule has 2 rings (SSSR count). The Bertz CT molecular complexity index is 1010. The van der Waals surface area contributed by atoms with Crippen LogP contribution in [-0.2, 0) is 24.2 Å². The average Bonchev–Trinajstić information content (AvgIpc) is 2.69. The van der Waals surface area contributed by atoms with Crippen molar-refractivity contribution in [2.45, 2.75) is 26.0 Å². The van der Waals surface area contributed by atoms with Crippen LogP contribution in [0.5, 0.6) is 0 Å². The van der Waals surface area contributed by atoms with Gasteiger partial charge in [0.15, 0.2) is 9.84 Å². The number of benzene rings is 2. The van der Waals surface area contributed by atoms with Crippen LogP contribution in [0.3, 0.4) is 0 Å². The Morgan fingerprint density at radius 3 is 2.03 bits per heavy atom. The number of hydrogen-bond acceptors (Lipinski definition) is 6. The molecular formula is C21H24N2O6S. The fraction of sp³-hybridized carbons (Fsp3) is 0.286. The van der Waals surface area contributed by atoms with Crippen molar-refractivity contribution in [3.05, 3.63) is 59.7 Å². The number of anilines is 2. The highest BCUT2D eigenvalue weighted by Gasteiger charge is 2.30. The van der Waals surface area contributed by atoms with Gasteiger partial charge in [0.25, 0.3) is 0 Å². The molecule has 30 heavy (non-hydrogen) atoms. The second kappa shape index (κ2) is 10.0. The fourth-order valence-corrected chi connectivity index (χ4v) is 3.53. The van der Waals surface area contributed by atoms with Crippen LogP contribution in [-0.4, -0.2) is 43.8 Å². The Kier molecular flexibility index (Phi) is 7.71. The summed E-state index contributed by atoms with van der Waals surface area (Å²) in [5, 5.41) is 3.54. The Balaban J connectivity index is 1.97. The van der Waals surface area contributed by atoms with Crippen molar-refractivity contribution in [1.82, 2.24) is 0 Å². The van der Waals surface area contributed by atoms with E-state index in [2.05, 4.69) is 10.6 Å². The highest BCUT2D eigenvalue weighted by Crippen LogP contribution is 2.14. The van der Waals surface area contributed by atoms with Crippen molar-refractivity contribution < 1.29 is 27.5 Å². The van der Waals surface area contributed by atoms with Gasteiger partial charge in [-0.25, -0.2) is 13.2 Å². The largest absolute Gasteiger partial charge is 0.462 e. The molecule has 0 aromatic heterocycles. The summed E-state index contributed by atoms with van der Waals surface area (Å²) in [6, 6.07) is 12.7. The topological polar surface area (TPSA) is 119 Å². The number of sulfone groups is 1. The van der Waals surface area contributed by atoms with E-state index in [1.165, 1.54) is 31.2 Å². The zero-order valence-electron chi connectivity index (χ0n) is 17.0. The molecule has 0 saturated heterocycles. The maximum absolute atomic E-state index is 12.4. The summed E-state index contributed by atoms with van der Waals surface area (Å²) in [5.74, 6) is -2.82. The molecule has 0 radical (unpaired) electrons. The molecule has 2 N–H and O–H groups in total. The second-order valence-corrected chi connectivity index (χ2v) is 8.97. The van der Waals surface area contributed by atoms with Crippen molar-refractivity contribution in [3.63, 3.8) is 0 Å². The highest BCUT2D eigenvalue weighted by molar-refractivity contribution is 7.93. The van der Waals surface area contributed by atoms with Crippen molar-refractivity contribution in [3.8, 4) is 0 Å². The molecule has 8 nitrogen and oxygen atoms in total. The maximum atomic E-state index is 12.4. The smallest absolute Gasteiger partial charge is 0.338 e. The first-order valence-electron chi connectivity index (χ1n) is 9.28. The number of esters is 1. The predicted octanol–water partition coefficient (Wildman–Crippen LogP) is 2.55. The number of carbonyl (C=O) groups excluding carboxylic acids is 3. The van der Waals surface area contributed by atoms with Crippen molar-refractivity contribution >= 4 is 39.0 Å². The summed E-state index contributed by atoms with van der Waals surface area (Å²) in [7, 11) is -4.03. The normalized spacial score (nSPS) is 12.0. The monoisotopic (exact) mass is 432 g/mol. The third kappa shape index (κ3) is 6.41. The molecule has 0 aliphatic carbocycles. The minimum absolute atomic E-state index is 0.240. The van der Waals surface area contributed by atoms with Gasteiger partial charge in [0.05, 0.1) is 12.2 Å². The number of carbonyl (C=O) groups is 3. The molecule has 1 atom stereocenters. The van der Waals surface area contributed by atoms with E-state index < -0.39 is 38.6 Å². The van der Waals surface area contributed by atoms with Crippen LogP contribution >= 0.6 is 0 Å². The van der Waals surface area contributed by atoms with Gasteiger partial charge in [-0.15, -0.1) is 0 Å². The van der Waals surface area contributed by atoms with Crippen LogP contribution in [0.2, 0.25) is 0 Å². The third-order valence-corrected chi connectivity index (χ3v) is 6.20. The lowest BCUT2D eigenvalue weighted by atomic mass is 10.2. The van der Waals surface area contributed by atoms with Crippen LogP contribution < -0.4 is 10.6 Å². The number of amides is 2. The molecule has 2 aromatic carbocycles. The Morgan fingerprint density at radius 1 is 0.933 bits per heavy atom. The third-order valence-electron chi connectivity index (χ3n) is 4.24. The molecular weight excluding hydrogens is 408 g/mol. The summed E-state index contributed by atoms with van der Waals surface area (Å²) in [4.78, 5) is 36.1. The van der Waals surface area contributed by atoms with Crippen LogP contribution in [0.4, 0.5) is 11.4 Å². The van der Waals surface area contributed by atoms with Gasteiger partial charge in [-0.05, 0) is 57.2 Å². The van der Waals surface area contributed by atoms with Gasteiger partial charge in [0, 0.05) is 11.4 Å². The lowest BCUT2D eigenvalue weighted by Crippen LogP contribution is -2.37. The SMILES string of the molecule is CCOC(=O)c1ccc(NC(=O)C(C)S(=O)(=O)CC(=O)Nc2ccc(C)cc2)cc1. The summed E-state index contributed by atoms with van der Waals surface area (Å²) in [5.41, 5.74) is 2.10. The van der Waals surface area contributed by atoms with Gasteiger partial charge in [0.1, 0.15) is 11.0 Å². The summed E-state index contributed by atoms with van der Waals surface area (Å²) >= 11 is 0. The molecule has 0 fully saturated rings. The van der Waals surface area contributed by atoms with E-state index in [-0.39, 0.29) is 6.61 Å². The number of ether oxygens (including phenoxy) is 1. The van der Waals surface area contributed by atoms with Crippen molar-refractivity contribution in [2.75, 3.05) is 23.0 Å². The van der Waals surface area contributed by atoms with Crippen LogP contribution in [0.1, 0.15) is 29.8 Å². The number of aryl methyl sites for hydroxylation is 1.